The van der Waals surface area contributed by atoms with E-state index in [1.807, 2.05) is 6.08 Å². The van der Waals surface area contributed by atoms with Crippen LogP contribution in [0.15, 0.2) is 12.3 Å². The van der Waals surface area contributed by atoms with Gasteiger partial charge in [-0.05, 0) is 19.0 Å². The Balaban J connectivity index is 2.69. The second-order valence-electron chi connectivity index (χ2n) is 1.42. The molecule has 0 bridgehead atoms. The molecule has 0 heterocycles. The molecule has 2 N–H and O–H groups in total. The SMILES string of the molecule is [CH2]CCC/C=C/N. The average molecular weight is 98.2 g/mol. The predicted molar refractivity (Wildman–Crippen MR) is 32.5 cm³/mol. The largest absolute Gasteiger partial charge is 0.405 e. The van der Waals surface area contributed by atoms with Crippen LogP contribution in [0.4, 0.5) is 0 Å². The number of unbranched alkanes of at least 4 members (excludes halogenated alkanes) is 2. The van der Waals surface area contributed by atoms with Gasteiger partial charge in [-0.25, -0.2) is 0 Å². The normalized spacial score (nSPS) is 10.4. The van der Waals surface area contributed by atoms with Crippen molar-refractivity contribution in [3.05, 3.63) is 19.2 Å². The van der Waals surface area contributed by atoms with Gasteiger partial charge in [0.2, 0.25) is 0 Å². The number of nitrogens with two attached hydrogens (primary N) is 1. The van der Waals surface area contributed by atoms with Crippen molar-refractivity contribution >= 4 is 0 Å². The molecule has 0 saturated carbocycles. The molecule has 0 saturated heterocycles. The van der Waals surface area contributed by atoms with Crippen molar-refractivity contribution in [3.8, 4) is 0 Å². The van der Waals surface area contributed by atoms with Crippen LogP contribution in [0.3, 0.4) is 0 Å². The molecule has 0 aromatic heterocycles. The summed E-state index contributed by atoms with van der Waals surface area (Å²) < 4.78 is 0. The molecule has 0 aliphatic heterocycles. The molecule has 1 radical (unpaired) electrons. The smallest absolute Gasteiger partial charge is 0.0103 e. The zero-order chi connectivity index (χ0) is 5.54. The lowest BCUT2D eigenvalue weighted by Crippen LogP contribution is -1.75. The average Bonchev–Trinajstić information content (AvgIpc) is 1.69. The second kappa shape index (κ2) is 5.54. The van der Waals surface area contributed by atoms with E-state index in [9.17, 15) is 0 Å². The molecular weight excluding hydrogens is 86.1 g/mol. The highest BCUT2D eigenvalue weighted by Gasteiger charge is 1.73. The molecule has 0 fully saturated rings. The van der Waals surface area contributed by atoms with Gasteiger partial charge >= 0.3 is 0 Å². The third kappa shape index (κ3) is 5.54. The van der Waals surface area contributed by atoms with E-state index in [4.69, 9.17) is 5.73 Å². The summed E-state index contributed by atoms with van der Waals surface area (Å²) in [4.78, 5) is 0. The first-order chi connectivity index (χ1) is 3.41. The van der Waals surface area contributed by atoms with E-state index >= 15 is 0 Å². The lowest BCUT2D eigenvalue weighted by Gasteiger charge is -1.83. The summed E-state index contributed by atoms with van der Waals surface area (Å²) in [7, 11) is 0. The van der Waals surface area contributed by atoms with Crippen LogP contribution in [0, 0.1) is 6.92 Å². The number of rotatable bonds is 3. The zero-order valence-corrected chi connectivity index (χ0v) is 4.56. The second-order valence-corrected chi connectivity index (χ2v) is 1.42. The quantitative estimate of drug-likeness (QED) is 0.531. The molecule has 0 rings (SSSR count). The van der Waals surface area contributed by atoms with Gasteiger partial charge in [0.15, 0.2) is 0 Å². The maximum absolute atomic E-state index is 5.07. The van der Waals surface area contributed by atoms with E-state index in [1.54, 1.807) is 6.20 Å². The van der Waals surface area contributed by atoms with Crippen LogP contribution in [0.2, 0.25) is 0 Å². The summed E-state index contributed by atoms with van der Waals surface area (Å²) >= 11 is 0. The molecule has 7 heavy (non-hydrogen) atoms. The molecule has 0 amide bonds. The maximum atomic E-state index is 5.07. The number of hydrogen-bond acceptors (Lipinski definition) is 1. The van der Waals surface area contributed by atoms with Gasteiger partial charge in [-0.2, -0.15) is 0 Å². The summed E-state index contributed by atoms with van der Waals surface area (Å²) in [5.74, 6) is 0. The predicted octanol–water partition coefficient (Wildman–Crippen LogP) is 1.46. The van der Waals surface area contributed by atoms with Gasteiger partial charge in [0.1, 0.15) is 0 Å². The summed E-state index contributed by atoms with van der Waals surface area (Å²) in [5.41, 5.74) is 5.07. The molecule has 1 nitrogen and oxygen atoms in total. The van der Waals surface area contributed by atoms with E-state index in [0.29, 0.717) is 0 Å². The Morgan fingerprint density at radius 2 is 2.29 bits per heavy atom. The lowest BCUT2D eigenvalue weighted by molar-refractivity contribution is 0.864. The number of hydrogen-bond donors (Lipinski definition) is 1. The van der Waals surface area contributed by atoms with Crippen LogP contribution >= 0.6 is 0 Å². The van der Waals surface area contributed by atoms with Crippen LogP contribution in [0.5, 0.6) is 0 Å². The zero-order valence-electron chi connectivity index (χ0n) is 4.56. The Labute approximate surface area is 45.2 Å². The molecular formula is C6H12N. The van der Waals surface area contributed by atoms with Crippen LogP contribution in [0.1, 0.15) is 19.3 Å². The summed E-state index contributed by atoms with van der Waals surface area (Å²) in [5, 5.41) is 0. The summed E-state index contributed by atoms with van der Waals surface area (Å²) in [6, 6.07) is 0. The van der Waals surface area contributed by atoms with Crippen molar-refractivity contribution in [1.29, 1.82) is 0 Å². The Morgan fingerprint density at radius 3 is 2.71 bits per heavy atom. The summed E-state index contributed by atoms with van der Waals surface area (Å²) in [6.07, 6.45) is 6.75. The van der Waals surface area contributed by atoms with E-state index in [0.717, 1.165) is 19.3 Å². The van der Waals surface area contributed by atoms with Crippen molar-refractivity contribution in [1.82, 2.24) is 0 Å². The highest BCUT2D eigenvalue weighted by molar-refractivity contribution is 4.74. The van der Waals surface area contributed by atoms with Crippen molar-refractivity contribution in [2.24, 2.45) is 5.73 Å². The lowest BCUT2D eigenvalue weighted by atomic mass is 10.2. The molecule has 41 valence electrons. The molecule has 0 atom stereocenters. The van der Waals surface area contributed by atoms with E-state index in [-0.39, 0.29) is 0 Å². The monoisotopic (exact) mass is 98.1 g/mol. The van der Waals surface area contributed by atoms with Gasteiger partial charge in [0.05, 0.1) is 0 Å². The molecule has 0 spiro atoms. The van der Waals surface area contributed by atoms with Gasteiger partial charge in [0.25, 0.3) is 0 Å². The number of allylic oxidation sites excluding steroid dienone is 1. The van der Waals surface area contributed by atoms with Gasteiger partial charge in [0, 0.05) is 0 Å². The van der Waals surface area contributed by atoms with Crippen molar-refractivity contribution in [2.75, 3.05) is 0 Å². The third-order valence-corrected chi connectivity index (χ3v) is 0.757. The molecule has 0 aliphatic rings. The van der Waals surface area contributed by atoms with E-state index in [1.165, 1.54) is 0 Å². The van der Waals surface area contributed by atoms with Gasteiger partial charge in [-0.15, -0.1) is 0 Å². The first-order valence-corrected chi connectivity index (χ1v) is 2.57. The fourth-order valence-electron chi connectivity index (χ4n) is 0.358. The Hall–Kier alpha value is -0.460. The van der Waals surface area contributed by atoms with Crippen LogP contribution in [0.25, 0.3) is 0 Å². The van der Waals surface area contributed by atoms with Crippen LogP contribution in [-0.2, 0) is 0 Å². The molecule has 0 aromatic carbocycles. The molecule has 0 aromatic rings. The minimum absolute atomic E-state index is 1.00. The standard InChI is InChI=1S/C6H12N/c1-2-3-4-5-6-7/h5-6H,1-4,7H2/b6-5+. The molecule has 1 heteroatoms. The minimum Gasteiger partial charge on any atom is -0.405 e. The minimum atomic E-state index is 1.00. The highest BCUT2D eigenvalue weighted by atomic mass is 14.5. The van der Waals surface area contributed by atoms with Gasteiger partial charge < -0.3 is 5.73 Å². The summed E-state index contributed by atoms with van der Waals surface area (Å²) in [6.45, 7) is 3.68. The van der Waals surface area contributed by atoms with Crippen LogP contribution in [-0.4, -0.2) is 0 Å². The first-order valence-electron chi connectivity index (χ1n) is 2.57. The third-order valence-electron chi connectivity index (χ3n) is 0.757. The fraction of sp³-hybridized carbons (Fsp3) is 0.500. The van der Waals surface area contributed by atoms with Crippen molar-refractivity contribution in [2.45, 2.75) is 19.3 Å². The van der Waals surface area contributed by atoms with E-state index < -0.39 is 0 Å². The van der Waals surface area contributed by atoms with Crippen molar-refractivity contribution < 1.29 is 0 Å². The fourth-order valence-corrected chi connectivity index (χ4v) is 0.358. The maximum Gasteiger partial charge on any atom is -0.0103 e. The molecule has 0 unspecified atom stereocenters. The van der Waals surface area contributed by atoms with Crippen LogP contribution < -0.4 is 5.73 Å². The van der Waals surface area contributed by atoms with Gasteiger partial charge in [-0.1, -0.05) is 19.4 Å². The van der Waals surface area contributed by atoms with Crippen molar-refractivity contribution in [3.63, 3.8) is 0 Å². The first kappa shape index (κ1) is 6.54. The Bertz CT molecular complexity index is 48.1. The molecule has 0 aliphatic carbocycles. The Morgan fingerprint density at radius 1 is 1.57 bits per heavy atom. The van der Waals surface area contributed by atoms with E-state index in [2.05, 4.69) is 6.92 Å². The van der Waals surface area contributed by atoms with Gasteiger partial charge in [-0.3, -0.25) is 0 Å². The highest BCUT2D eigenvalue weighted by Crippen LogP contribution is 1.91. The Kier molecular flexibility index (Phi) is 5.18. The topological polar surface area (TPSA) is 26.0 Å².